The Labute approximate surface area is 150 Å². The number of carbonyl (C=O) groups is 2. The number of amides is 1. The van der Waals surface area contributed by atoms with E-state index in [4.69, 9.17) is 0 Å². The Morgan fingerprint density at radius 2 is 2.04 bits per heavy atom. The molecule has 1 aromatic rings. The standard InChI is InChI=1S/C14H22N4O5S2/c1-8-11(10(3)18(4)16-8)25(22,23)17-9(2)12(19)15-14(13(20)21)5-6-24-7-14/h9,17H,5-7H2,1-4H3,(H,15,19)(H,20,21). The molecule has 0 spiro atoms. The summed E-state index contributed by atoms with van der Waals surface area (Å²) in [6, 6.07) is -1.12. The number of aromatic nitrogens is 2. The van der Waals surface area contributed by atoms with Crippen LogP contribution in [0.3, 0.4) is 0 Å². The molecule has 1 fully saturated rings. The summed E-state index contributed by atoms with van der Waals surface area (Å²) in [6.07, 6.45) is 0.305. The molecule has 2 atom stereocenters. The summed E-state index contributed by atoms with van der Waals surface area (Å²) in [5.41, 5.74) is -0.567. The molecule has 0 bridgehead atoms. The first-order valence-corrected chi connectivity index (χ1v) is 10.3. The summed E-state index contributed by atoms with van der Waals surface area (Å²) < 4.78 is 28.9. The summed E-state index contributed by atoms with van der Waals surface area (Å²) in [6.45, 7) is 4.57. The molecule has 9 nitrogen and oxygen atoms in total. The molecule has 25 heavy (non-hydrogen) atoms. The summed E-state index contributed by atoms with van der Waals surface area (Å²) in [5, 5.41) is 16.0. The van der Waals surface area contributed by atoms with Gasteiger partial charge in [-0.3, -0.25) is 9.48 Å². The average Bonchev–Trinajstić information content (AvgIpc) is 3.05. The fourth-order valence-electron chi connectivity index (χ4n) is 2.72. The summed E-state index contributed by atoms with van der Waals surface area (Å²) in [7, 11) is -2.33. The Morgan fingerprint density at radius 3 is 2.48 bits per heavy atom. The number of hydrogen-bond acceptors (Lipinski definition) is 6. The summed E-state index contributed by atoms with van der Waals surface area (Å²) in [5.74, 6) is -0.901. The van der Waals surface area contributed by atoms with Crippen LogP contribution < -0.4 is 10.0 Å². The smallest absolute Gasteiger partial charge is 0.330 e. The minimum atomic E-state index is -3.97. The van der Waals surface area contributed by atoms with Crippen molar-refractivity contribution in [2.45, 2.75) is 43.7 Å². The van der Waals surface area contributed by atoms with Gasteiger partial charge in [-0.25, -0.2) is 13.2 Å². The first kappa shape index (κ1) is 19.7. The van der Waals surface area contributed by atoms with Crippen LogP contribution in [0.2, 0.25) is 0 Å². The van der Waals surface area contributed by atoms with Crippen molar-refractivity contribution in [1.29, 1.82) is 0 Å². The van der Waals surface area contributed by atoms with Crippen molar-refractivity contribution in [2.75, 3.05) is 11.5 Å². The maximum Gasteiger partial charge on any atom is 0.330 e. The number of thioether (sulfide) groups is 1. The number of aliphatic carboxylic acids is 1. The molecule has 0 aromatic carbocycles. The highest BCUT2D eigenvalue weighted by Gasteiger charge is 2.44. The van der Waals surface area contributed by atoms with Gasteiger partial charge in [-0.15, -0.1) is 0 Å². The SMILES string of the molecule is Cc1nn(C)c(C)c1S(=O)(=O)NC(C)C(=O)NC1(C(=O)O)CCSC1. The van der Waals surface area contributed by atoms with E-state index >= 15 is 0 Å². The third kappa shape index (κ3) is 3.82. The molecule has 1 aliphatic heterocycles. The molecule has 0 saturated carbocycles. The predicted molar refractivity (Wildman–Crippen MR) is 92.9 cm³/mol. The van der Waals surface area contributed by atoms with E-state index in [1.165, 1.54) is 23.4 Å². The average molecular weight is 390 g/mol. The van der Waals surface area contributed by atoms with Gasteiger partial charge in [-0.1, -0.05) is 0 Å². The van der Waals surface area contributed by atoms with Crippen LogP contribution in [0.5, 0.6) is 0 Å². The van der Waals surface area contributed by atoms with Crippen molar-refractivity contribution < 1.29 is 23.1 Å². The molecule has 0 aliphatic carbocycles. The van der Waals surface area contributed by atoms with Crippen LogP contribution in [-0.2, 0) is 26.7 Å². The second kappa shape index (κ2) is 6.96. The molecule has 2 unspecified atom stereocenters. The number of carboxylic acids is 1. The van der Waals surface area contributed by atoms with Gasteiger partial charge in [-0.2, -0.15) is 21.6 Å². The van der Waals surface area contributed by atoms with Gasteiger partial charge in [0.05, 0.1) is 17.4 Å². The first-order chi connectivity index (χ1) is 11.5. The molecule has 2 heterocycles. The molecule has 1 aromatic heterocycles. The molecular weight excluding hydrogens is 368 g/mol. The molecule has 2 rings (SSSR count). The normalized spacial score (nSPS) is 21.9. The zero-order chi connectivity index (χ0) is 19.0. The minimum absolute atomic E-state index is 0.0269. The lowest BCUT2D eigenvalue weighted by Gasteiger charge is -2.26. The van der Waals surface area contributed by atoms with E-state index < -0.39 is 33.5 Å². The van der Waals surface area contributed by atoms with E-state index in [0.717, 1.165) is 0 Å². The molecular formula is C14H22N4O5S2. The lowest BCUT2D eigenvalue weighted by molar-refractivity contribution is -0.146. The maximum absolute atomic E-state index is 12.6. The van der Waals surface area contributed by atoms with Crippen molar-refractivity contribution in [3.05, 3.63) is 11.4 Å². The van der Waals surface area contributed by atoms with Gasteiger partial charge in [-0.05, 0) is 32.9 Å². The number of aryl methyl sites for hydroxylation is 2. The minimum Gasteiger partial charge on any atom is -0.479 e. The van der Waals surface area contributed by atoms with Crippen LogP contribution >= 0.6 is 11.8 Å². The predicted octanol–water partition coefficient (Wildman–Crippen LogP) is -0.220. The highest BCUT2D eigenvalue weighted by molar-refractivity contribution is 7.99. The molecule has 140 valence electrons. The topological polar surface area (TPSA) is 130 Å². The summed E-state index contributed by atoms with van der Waals surface area (Å²) in [4.78, 5) is 23.9. The Morgan fingerprint density at radius 1 is 1.40 bits per heavy atom. The Bertz CT molecular complexity index is 796. The van der Waals surface area contributed by atoms with Crippen molar-refractivity contribution in [1.82, 2.24) is 19.8 Å². The van der Waals surface area contributed by atoms with E-state index in [2.05, 4.69) is 15.1 Å². The van der Waals surface area contributed by atoms with Gasteiger partial charge in [0.15, 0.2) is 0 Å². The van der Waals surface area contributed by atoms with Crippen LogP contribution in [0.1, 0.15) is 24.7 Å². The van der Waals surface area contributed by atoms with Gasteiger partial charge in [0.25, 0.3) is 0 Å². The van der Waals surface area contributed by atoms with Crippen molar-refractivity contribution in [3.63, 3.8) is 0 Å². The number of nitrogens with zero attached hydrogens (tertiary/aromatic N) is 2. The second-order valence-corrected chi connectivity index (χ2v) is 8.90. The van der Waals surface area contributed by atoms with E-state index in [9.17, 15) is 23.1 Å². The fourth-order valence-corrected chi connectivity index (χ4v) is 5.68. The molecule has 11 heteroatoms. The highest BCUT2D eigenvalue weighted by Crippen LogP contribution is 2.28. The van der Waals surface area contributed by atoms with Gasteiger partial charge >= 0.3 is 5.97 Å². The fraction of sp³-hybridized carbons (Fsp3) is 0.643. The van der Waals surface area contributed by atoms with Crippen LogP contribution in [-0.4, -0.2) is 58.3 Å². The number of hydrogen-bond donors (Lipinski definition) is 3. The zero-order valence-electron chi connectivity index (χ0n) is 14.5. The lowest BCUT2D eigenvalue weighted by atomic mass is 9.99. The quantitative estimate of drug-likeness (QED) is 0.612. The van der Waals surface area contributed by atoms with Gasteiger partial charge in [0, 0.05) is 12.8 Å². The van der Waals surface area contributed by atoms with E-state index in [1.807, 2.05) is 0 Å². The monoisotopic (exact) mass is 390 g/mol. The summed E-state index contributed by atoms with van der Waals surface area (Å²) >= 11 is 1.43. The van der Waals surface area contributed by atoms with Crippen LogP contribution in [0.15, 0.2) is 4.90 Å². The Balaban J connectivity index is 2.16. The van der Waals surface area contributed by atoms with Crippen LogP contribution in [0.25, 0.3) is 0 Å². The Kier molecular flexibility index (Phi) is 5.50. The van der Waals surface area contributed by atoms with Crippen molar-refractivity contribution >= 4 is 33.7 Å². The molecule has 0 radical (unpaired) electrons. The van der Waals surface area contributed by atoms with Gasteiger partial charge in [0.1, 0.15) is 10.4 Å². The lowest BCUT2D eigenvalue weighted by Crippen LogP contribution is -2.59. The maximum atomic E-state index is 12.6. The number of carboxylic acid groups (broad SMARTS) is 1. The van der Waals surface area contributed by atoms with E-state index in [0.29, 0.717) is 23.6 Å². The number of rotatable bonds is 6. The van der Waals surface area contributed by atoms with E-state index in [-0.39, 0.29) is 10.6 Å². The highest BCUT2D eigenvalue weighted by atomic mass is 32.2. The molecule has 1 amide bonds. The molecule has 1 saturated heterocycles. The zero-order valence-corrected chi connectivity index (χ0v) is 16.1. The number of carbonyl (C=O) groups excluding carboxylic acids is 1. The Hall–Kier alpha value is -1.59. The molecule has 3 N–H and O–H groups in total. The van der Waals surface area contributed by atoms with Crippen LogP contribution in [0, 0.1) is 13.8 Å². The first-order valence-electron chi connectivity index (χ1n) is 7.66. The van der Waals surface area contributed by atoms with Crippen molar-refractivity contribution in [2.24, 2.45) is 7.05 Å². The second-order valence-electron chi connectivity index (χ2n) is 6.15. The molecule has 1 aliphatic rings. The van der Waals surface area contributed by atoms with Gasteiger partial charge < -0.3 is 10.4 Å². The van der Waals surface area contributed by atoms with E-state index in [1.54, 1.807) is 20.9 Å². The third-order valence-electron chi connectivity index (χ3n) is 4.23. The number of nitrogens with one attached hydrogen (secondary N) is 2. The third-order valence-corrected chi connectivity index (χ3v) is 7.21. The number of sulfonamides is 1. The van der Waals surface area contributed by atoms with Crippen LogP contribution in [0.4, 0.5) is 0 Å². The van der Waals surface area contributed by atoms with Gasteiger partial charge in [0.2, 0.25) is 15.9 Å². The van der Waals surface area contributed by atoms with Crippen molar-refractivity contribution in [3.8, 4) is 0 Å². The largest absolute Gasteiger partial charge is 0.479 e.